The summed E-state index contributed by atoms with van der Waals surface area (Å²) < 4.78 is 27.6. The van der Waals surface area contributed by atoms with Gasteiger partial charge in [0.25, 0.3) is 0 Å². The Labute approximate surface area is 115 Å². The van der Waals surface area contributed by atoms with Gasteiger partial charge < -0.3 is 0 Å². The number of nitrogens with zero attached hydrogens (tertiary/aromatic N) is 1. The maximum Gasteiger partial charge on any atom is 0.228 e. The highest BCUT2D eigenvalue weighted by atomic mass is 32.2. The fraction of sp³-hybridized carbons (Fsp3) is 0.929. The van der Waals surface area contributed by atoms with Gasteiger partial charge in [-0.25, -0.2) is 13.1 Å². The first kappa shape index (κ1) is 13.4. The molecule has 106 valence electrons. The van der Waals surface area contributed by atoms with Crippen molar-refractivity contribution in [2.45, 2.75) is 62.7 Å². The maximum atomic E-state index is 12.3. The first-order chi connectivity index (χ1) is 8.96. The topological polar surface area (TPSA) is 70.0 Å². The summed E-state index contributed by atoms with van der Waals surface area (Å²) in [6.45, 7) is 1.76. The Morgan fingerprint density at radius 3 is 2.05 bits per heavy atom. The van der Waals surface area contributed by atoms with Crippen LogP contribution in [0.5, 0.6) is 0 Å². The minimum Gasteiger partial charge on any atom is -0.211 e. The molecule has 0 spiro atoms. The second-order valence-electron chi connectivity index (χ2n) is 6.87. The molecule has 4 saturated carbocycles. The zero-order valence-corrected chi connectivity index (χ0v) is 12.2. The summed E-state index contributed by atoms with van der Waals surface area (Å²) in [6.07, 6.45) is 7.18. The summed E-state index contributed by atoms with van der Waals surface area (Å²) in [4.78, 5) is 0. The van der Waals surface area contributed by atoms with Crippen molar-refractivity contribution in [3.63, 3.8) is 0 Å². The molecule has 0 amide bonds. The van der Waals surface area contributed by atoms with Gasteiger partial charge >= 0.3 is 0 Å². The highest BCUT2D eigenvalue weighted by Crippen LogP contribution is 2.55. The molecule has 0 aromatic heterocycles. The van der Waals surface area contributed by atoms with Crippen LogP contribution in [0, 0.1) is 29.1 Å². The van der Waals surface area contributed by atoms with Crippen molar-refractivity contribution in [3.8, 4) is 6.07 Å². The SMILES string of the molecule is CCC(C#N)S(=O)(=O)NC12CC3CC(CC(C3)C1)C2. The van der Waals surface area contributed by atoms with Gasteiger partial charge in [0.05, 0.1) is 6.07 Å². The van der Waals surface area contributed by atoms with Crippen LogP contribution in [-0.2, 0) is 10.0 Å². The van der Waals surface area contributed by atoms with Gasteiger partial charge in [-0.1, -0.05) is 6.92 Å². The molecule has 4 fully saturated rings. The van der Waals surface area contributed by atoms with Crippen molar-refractivity contribution in [1.82, 2.24) is 4.72 Å². The lowest BCUT2D eigenvalue weighted by molar-refractivity contribution is -0.00817. The van der Waals surface area contributed by atoms with E-state index in [9.17, 15) is 8.42 Å². The van der Waals surface area contributed by atoms with Crippen LogP contribution in [0.4, 0.5) is 0 Å². The Balaban J connectivity index is 1.82. The molecule has 1 N–H and O–H groups in total. The summed E-state index contributed by atoms with van der Waals surface area (Å²) in [5, 5.41) is 8.10. The van der Waals surface area contributed by atoms with Crippen molar-refractivity contribution in [2.24, 2.45) is 17.8 Å². The second-order valence-corrected chi connectivity index (χ2v) is 8.73. The minimum atomic E-state index is -3.50. The van der Waals surface area contributed by atoms with Crippen molar-refractivity contribution in [1.29, 1.82) is 5.26 Å². The van der Waals surface area contributed by atoms with Gasteiger partial charge in [0, 0.05) is 5.54 Å². The van der Waals surface area contributed by atoms with E-state index in [1.165, 1.54) is 19.3 Å². The monoisotopic (exact) mass is 282 g/mol. The quantitative estimate of drug-likeness (QED) is 0.859. The van der Waals surface area contributed by atoms with E-state index in [1.54, 1.807) is 6.92 Å². The van der Waals surface area contributed by atoms with Crippen LogP contribution in [0.3, 0.4) is 0 Å². The Hall–Kier alpha value is -0.600. The van der Waals surface area contributed by atoms with E-state index in [1.807, 2.05) is 6.07 Å². The van der Waals surface area contributed by atoms with Gasteiger partial charge in [0.2, 0.25) is 10.0 Å². The lowest BCUT2D eigenvalue weighted by Gasteiger charge is -2.56. The van der Waals surface area contributed by atoms with Crippen molar-refractivity contribution in [3.05, 3.63) is 0 Å². The maximum absolute atomic E-state index is 12.3. The molecule has 19 heavy (non-hydrogen) atoms. The smallest absolute Gasteiger partial charge is 0.211 e. The third kappa shape index (κ3) is 2.30. The molecule has 0 heterocycles. The third-order valence-corrected chi connectivity index (χ3v) is 7.19. The molecule has 0 radical (unpaired) electrons. The van der Waals surface area contributed by atoms with Crippen LogP contribution in [0.25, 0.3) is 0 Å². The summed E-state index contributed by atoms with van der Waals surface area (Å²) in [7, 11) is -3.50. The predicted octanol–water partition coefficient (Wildman–Crippen LogP) is 2.18. The summed E-state index contributed by atoms with van der Waals surface area (Å²) in [5.41, 5.74) is -0.224. The summed E-state index contributed by atoms with van der Waals surface area (Å²) >= 11 is 0. The average Bonchev–Trinajstić information content (AvgIpc) is 2.26. The van der Waals surface area contributed by atoms with Crippen molar-refractivity contribution >= 4 is 10.0 Å². The molecule has 0 aromatic rings. The molecule has 5 heteroatoms. The predicted molar refractivity (Wildman–Crippen MR) is 72.7 cm³/mol. The molecule has 0 saturated heterocycles. The van der Waals surface area contributed by atoms with Crippen molar-refractivity contribution < 1.29 is 8.42 Å². The van der Waals surface area contributed by atoms with Gasteiger partial charge in [0.1, 0.15) is 0 Å². The number of nitrogens with one attached hydrogen (secondary N) is 1. The molecule has 0 aromatic carbocycles. The highest BCUT2D eigenvalue weighted by Gasteiger charge is 2.52. The van der Waals surface area contributed by atoms with E-state index >= 15 is 0 Å². The third-order valence-electron chi connectivity index (χ3n) is 5.29. The van der Waals surface area contributed by atoms with Gasteiger partial charge in [-0.05, 0) is 62.7 Å². The normalized spacial score (nSPS) is 42.0. The van der Waals surface area contributed by atoms with Gasteiger partial charge in [0.15, 0.2) is 5.25 Å². The largest absolute Gasteiger partial charge is 0.228 e. The fourth-order valence-corrected chi connectivity index (χ4v) is 6.56. The standard InChI is InChI=1S/C14H22N2O2S/c1-2-13(9-15)19(17,18)16-14-6-10-3-11(7-14)5-12(4-10)8-14/h10-13,16H,2-8H2,1H3. The zero-order valence-electron chi connectivity index (χ0n) is 11.4. The number of hydrogen-bond acceptors (Lipinski definition) is 3. The Kier molecular flexibility index (Phi) is 3.14. The molecular weight excluding hydrogens is 260 g/mol. The Bertz CT molecular complexity index is 471. The first-order valence-electron chi connectivity index (χ1n) is 7.39. The molecular formula is C14H22N2O2S. The first-order valence-corrected chi connectivity index (χ1v) is 8.93. The van der Waals surface area contributed by atoms with E-state index in [-0.39, 0.29) is 5.54 Å². The van der Waals surface area contributed by atoms with E-state index in [2.05, 4.69) is 4.72 Å². The molecule has 1 atom stereocenters. The molecule has 4 aliphatic carbocycles. The lowest BCUT2D eigenvalue weighted by atomic mass is 9.53. The van der Waals surface area contributed by atoms with Crippen LogP contribution in [0.2, 0.25) is 0 Å². The molecule has 4 nitrogen and oxygen atoms in total. The second kappa shape index (κ2) is 4.46. The molecule has 4 rings (SSSR count). The van der Waals surface area contributed by atoms with E-state index < -0.39 is 15.3 Å². The molecule has 4 aliphatic rings. The van der Waals surface area contributed by atoms with E-state index in [0.29, 0.717) is 24.2 Å². The van der Waals surface area contributed by atoms with E-state index in [4.69, 9.17) is 5.26 Å². The van der Waals surface area contributed by atoms with Crippen LogP contribution in [0.1, 0.15) is 51.9 Å². The molecule has 1 unspecified atom stereocenters. The number of nitriles is 1. The van der Waals surface area contributed by atoms with Gasteiger partial charge in [-0.3, -0.25) is 0 Å². The van der Waals surface area contributed by atoms with Crippen LogP contribution in [-0.4, -0.2) is 19.2 Å². The number of rotatable bonds is 4. The Morgan fingerprint density at radius 1 is 1.21 bits per heavy atom. The zero-order chi connectivity index (χ0) is 13.7. The molecule has 4 bridgehead atoms. The van der Waals surface area contributed by atoms with Gasteiger partial charge in [-0.15, -0.1) is 0 Å². The van der Waals surface area contributed by atoms with Crippen LogP contribution < -0.4 is 4.72 Å². The highest BCUT2D eigenvalue weighted by molar-refractivity contribution is 7.90. The van der Waals surface area contributed by atoms with Crippen LogP contribution >= 0.6 is 0 Å². The Morgan fingerprint density at radius 2 is 1.68 bits per heavy atom. The molecule has 0 aliphatic heterocycles. The lowest BCUT2D eigenvalue weighted by Crippen LogP contribution is -2.60. The average molecular weight is 282 g/mol. The van der Waals surface area contributed by atoms with Crippen molar-refractivity contribution in [2.75, 3.05) is 0 Å². The fourth-order valence-electron chi connectivity index (χ4n) is 4.99. The summed E-state index contributed by atoms with van der Waals surface area (Å²) in [6, 6.07) is 1.92. The van der Waals surface area contributed by atoms with Crippen LogP contribution in [0.15, 0.2) is 0 Å². The van der Waals surface area contributed by atoms with Gasteiger partial charge in [-0.2, -0.15) is 5.26 Å². The number of hydrogen-bond donors (Lipinski definition) is 1. The minimum absolute atomic E-state index is 0.224. The number of sulfonamides is 1. The summed E-state index contributed by atoms with van der Waals surface area (Å²) in [5.74, 6) is 2.11. The van der Waals surface area contributed by atoms with E-state index in [0.717, 1.165) is 19.3 Å².